The van der Waals surface area contributed by atoms with E-state index in [1.807, 2.05) is 30.3 Å². The molecule has 1 aliphatic heterocycles. The van der Waals surface area contributed by atoms with Gasteiger partial charge in [-0.3, -0.25) is 4.79 Å². The van der Waals surface area contributed by atoms with E-state index in [0.29, 0.717) is 12.3 Å². The van der Waals surface area contributed by atoms with Gasteiger partial charge in [-0.1, -0.05) is 55.2 Å². The Hall–Kier alpha value is -2.53. The van der Waals surface area contributed by atoms with Gasteiger partial charge in [-0.25, -0.2) is 9.69 Å². The first-order valence-electron chi connectivity index (χ1n) is 9.18. The number of ether oxygens (including phenoxy) is 1. The molecule has 2 fully saturated rings. The summed E-state index contributed by atoms with van der Waals surface area (Å²) in [6.45, 7) is 2.36. The van der Waals surface area contributed by atoms with Gasteiger partial charge < -0.3 is 4.74 Å². The molecule has 2 atom stereocenters. The minimum Gasteiger partial charge on any atom is -0.447 e. The topological polar surface area (TPSA) is 95.4 Å². The van der Waals surface area contributed by atoms with E-state index in [1.165, 1.54) is 4.90 Å². The first-order valence-corrected chi connectivity index (χ1v) is 9.18. The second kappa shape index (κ2) is 8.23. The third-order valence-corrected chi connectivity index (χ3v) is 5.45. The molecule has 26 heavy (non-hydrogen) atoms. The van der Waals surface area contributed by atoms with Crippen LogP contribution in [0.4, 0.5) is 4.79 Å². The van der Waals surface area contributed by atoms with Gasteiger partial charge in [-0.2, -0.15) is 0 Å². The maximum Gasteiger partial charge on any atom is 0.416 e. The molecule has 1 aromatic carbocycles. The van der Waals surface area contributed by atoms with Crippen LogP contribution in [0.3, 0.4) is 0 Å². The highest BCUT2D eigenvalue weighted by atomic mass is 16.6. The van der Waals surface area contributed by atoms with Gasteiger partial charge in [0.1, 0.15) is 12.6 Å². The summed E-state index contributed by atoms with van der Waals surface area (Å²) in [6.07, 6.45) is 3.58. The second-order valence-electron chi connectivity index (χ2n) is 7.30. The summed E-state index contributed by atoms with van der Waals surface area (Å²) in [7, 11) is 0. The van der Waals surface area contributed by atoms with E-state index in [4.69, 9.17) is 10.3 Å². The molecule has 1 aromatic rings. The number of amides is 2. The van der Waals surface area contributed by atoms with Crippen LogP contribution in [0.2, 0.25) is 0 Å². The molecule has 0 spiro atoms. The van der Waals surface area contributed by atoms with E-state index < -0.39 is 18.0 Å². The third kappa shape index (κ3) is 3.99. The lowest BCUT2D eigenvalue weighted by molar-refractivity contribution is -0.132. The Labute approximate surface area is 152 Å². The molecule has 2 aliphatic rings. The SMILES string of the molecule is CC1CCC([C@H](N=[N+]=[N-])C(=O)N2C(=O)OC[C@@H]2Cc2ccccc2)CC1. The maximum atomic E-state index is 13.1. The number of carbonyl (C=O) groups is 2. The van der Waals surface area contributed by atoms with Crippen LogP contribution in [0.15, 0.2) is 35.4 Å². The number of hydrogen-bond donors (Lipinski definition) is 0. The highest BCUT2D eigenvalue weighted by molar-refractivity contribution is 5.96. The van der Waals surface area contributed by atoms with Crippen LogP contribution in [0.25, 0.3) is 10.4 Å². The minimum absolute atomic E-state index is 0.0135. The Morgan fingerprint density at radius 2 is 2.00 bits per heavy atom. The molecule has 1 aliphatic carbocycles. The van der Waals surface area contributed by atoms with Crippen molar-refractivity contribution in [3.05, 3.63) is 46.3 Å². The second-order valence-corrected chi connectivity index (χ2v) is 7.30. The number of benzene rings is 1. The largest absolute Gasteiger partial charge is 0.447 e. The van der Waals surface area contributed by atoms with E-state index >= 15 is 0 Å². The molecule has 0 bridgehead atoms. The van der Waals surface area contributed by atoms with Crippen molar-refractivity contribution in [3.63, 3.8) is 0 Å². The Bertz CT molecular complexity index is 694. The van der Waals surface area contributed by atoms with Gasteiger partial charge in [0.2, 0.25) is 5.91 Å². The van der Waals surface area contributed by atoms with Gasteiger partial charge in [0.25, 0.3) is 0 Å². The van der Waals surface area contributed by atoms with Gasteiger partial charge in [0.15, 0.2) is 0 Å². The first kappa shape index (κ1) is 18.3. The smallest absolute Gasteiger partial charge is 0.416 e. The molecular formula is C19H24N4O3. The van der Waals surface area contributed by atoms with Crippen LogP contribution in [0.5, 0.6) is 0 Å². The van der Waals surface area contributed by atoms with Crippen LogP contribution in [-0.2, 0) is 16.0 Å². The van der Waals surface area contributed by atoms with Crippen LogP contribution in [0, 0.1) is 11.8 Å². The molecule has 0 unspecified atom stereocenters. The van der Waals surface area contributed by atoms with Crippen molar-refractivity contribution < 1.29 is 14.3 Å². The highest BCUT2D eigenvalue weighted by Crippen LogP contribution is 2.33. The maximum absolute atomic E-state index is 13.1. The summed E-state index contributed by atoms with van der Waals surface area (Å²) in [5, 5.41) is 3.77. The van der Waals surface area contributed by atoms with E-state index in [-0.39, 0.29) is 18.6 Å². The predicted molar refractivity (Wildman–Crippen MR) is 96.2 cm³/mol. The molecule has 1 saturated heterocycles. The number of cyclic esters (lactones) is 1. The third-order valence-electron chi connectivity index (χ3n) is 5.45. The Balaban J connectivity index is 1.77. The van der Waals surface area contributed by atoms with Crippen LogP contribution in [0.1, 0.15) is 38.2 Å². The van der Waals surface area contributed by atoms with Gasteiger partial charge in [-0.05, 0) is 42.2 Å². The molecule has 0 aromatic heterocycles. The normalized spacial score (nSPS) is 26.7. The summed E-state index contributed by atoms with van der Waals surface area (Å²) in [6, 6.07) is 8.48. The van der Waals surface area contributed by atoms with Gasteiger partial charge >= 0.3 is 6.09 Å². The first-order chi connectivity index (χ1) is 12.6. The van der Waals surface area contributed by atoms with Gasteiger partial charge in [0, 0.05) is 4.91 Å². The molecule has 0 radical (unpaired) electrons. The Morgan fingerprint density at radius 1 is 1.31 bits per heavy atom. The number of rotatable bonds is 5. The number of azide groups is 1. The molecule has 7 nitrogen and oxygen atoms in total. The lowest BCUT2D eigenvalue weighted by atomic mass is 9.79. The van der Waals surface area contributed by atoms with Crippen LogP contribution >= 0.6 is 0 Å². The van der Waals surface area contributed by atoms with Gasteiger partial charge in [-0.15, -0.1) is 0 Å². The van der Waals surface area contributed by atoms with Crippen molar-refractivity contribution in [2.24, 2.45) is 17.0 Å². The van der Waals surface area contributed by atoms with Gasteiger partial charge in [0.05, 0.1) is 6.04 Å². The van der Waals surface area contributed by atoms with E-state index in [2.05, 4.69) is 16.9 Å². The fraction of sp³-hybridized carbons (Fsp3) is 0.579. The Kier molecular flexibility index (Phi) is 5.78. The molecule has 138 valence electrons. The standard InChI is InChI=1S/C19H24N4O3/c1-13-7-9-15(10-8-13)17(21-22-20)18(24)23-16(12-26-19(23)25)11-14-5-3-2-4-6-14/h2-6,13,15-17H,7-12H2,1H3/t13?,15?,16-,17-/m0/s1. The van der Waals surface area contributed by atoms with Crippen molar-refractivity contribution in [1.82, 2.24) is 4.90 Å². The number of imide groups is 1. The highest BCUT2D eigenvalue weighted by Gasteiger charge is 2.43. The summed E-state index contributed by atoms with van der Waals surface area (Å²) in [4.78, 5) is 29.3. The zero-order valence-electron chi connectivity index (χ0n) is 15.0. The summed E-state index contributed by atoms with van der Waals surface area (Å²) in [5.74, 6) is 0.182. The molecule has 7 heteroatoms. The van der Waals surface area contributed by atoms with E-state index in [9.17, 15) is 9.59 Å². The fourth-order valence-electron chi connectivity index (χ4n) is 3.91. The molecule has 2 amide bonds. The van der Waals surface area contributed by atoms with Crippen molar-refractivity contribution in [2.45, 2.75) is 51.1 Å². The van der Waals surface area contributed by atoms with Crippen LogP contribution < -0.4 is 0 Å². The lowest BCUT2D eigenvalue weighted by Gasteiger charge is -2.32. The number of carbonyl (C=O) groups excluding carboxylic acids is 2. The average molecular weight is 356 g/mol. The zero-order valence-corrected chi connectivity index (χ0v) is 15.0. The summed E-state index contributed by atoms with van der Waals surface area (Å²) in [5.41, 5.74) is 9.98. The predicted octanol–water partition coefficient (Wildman–Crippen LogP) is 4.08. The Morgan fingerprint density at radius 3 is 2.65 bits per heavy atom. The minimum atomic E-state index is -0.837. The van der Waals surface area contributed by atoms with Crippen LogP contribution in [-0.4, -0.2) is 35.6 Å². The molecule has 0 N–H and O–H groups in total. The molecule has 1 saturated carbocycles. The molecular weight excluding hydrogens is 332 g/mol. The number of nitrogens with zero attached hydrogens (tertiary/aromatic N) is 4. The summed E-state index contributed by atoms with van der Waals surface area (Å²) >= 11 is 0. The molecule has 3 rings (SSSR count). The summed E-state index contributed by atoms with van der Waals surface area (Å²) < 4.78 is 5.14. The molecule has 1 heterocycles. The number of hydrogen-bond acceptors (Lipinski definition) is 4. The van der Waals surface area contributed by atoms with E-state index in [1.54, 1.807) is 0 Å². The van der Waals surface area contributed by atoms with Crippen molar-refractivity contribution in [2.75, 3.05) is 6.61 Å². The van der Waals surface area contributed by atoms with Crippen molar-refractivity contribution in [3.8, 4) is 0 Å². The quantitative estimate of drug-likeness (QED) is 0.452. The van der Waals surface area contributed by atoms with E-state index in [0.717, 1.165) is 31.2 Å². The van der Waals surface area contributed by atoms with Crippen molar-refractivity contribution in [1.29, 1.82) is 0 Å². The monoisotopic (exact) mass is 356 g/mol. The lowest BCUT2D eigenvalue weighted by Crippen LogP contribution is -2.47. The fourth-order valence-corrected chi connectivity index (χ4v) is 3.91. The van der Waals surface area contributed by atoms with Crippen molar-refractivity contribution >= 4 is 12.0 Å². The average Bonchev–Trinajstić information content (AvgIpc) is 3.01. The zero-order chi connectivity index (χ0) is 18.5.